The van der Waals surface area contributed by atoms with E-state index >= 15 is 0 Å². The topological polar surface area (TPSA) is 49.3 Å². The lowest BCUT2D eigenvalue weighted by Gasteiger charge is -1.78. The molecule has 0 saturated heterocycles. The van der Waals surface area contributed by atoms with E-state index in [-0.39, 0.29) is 4.73 Å². The summed E-state index contributed by atoms with van der Waals surface area (Å²) in [5.41, 5.74) is 0. The molecule has 0 bridgehead atoms. The number of nitrogens with zero attached hydrogens (tertiary/aromatic N) is 2. The number of hydrogen-bond donors (Lipinski definition) is 2. The Bertz CT molecular complexity index is 178. The van der Waals surface area contributed by atoms with E-state index in [0.29, 0.717) is 0 Å². The van der Waals surface area contributed by atoms with Crippen LogP contribution < -0.4 is 4.73 Å². The molecule has 0 aliphatic carbocycles. The van der Waals surface area contributed by atoms with Crippen molar-refractivity contribution in [2.45, 2.75) is 0 Å². The van der Waals surface area contributed by atoms with Crippen molar-refractivity contribution in [3.05, 3.63) is 17.1 Å². The average molecular weight is 180 g/mol. The summed E-state index contributed by atoms with van der Waals surface area (Å²) >= 11 is 2.88. The van der Waals surface area contributed by atoms with Crippen molar-refractivity contribution in [1.82, 2.24) is 4.73 Å². The summed E-state index contributed by atoms with van der Waals surface area (Å²) in [6, 6.07) is 0. The molecule has 0 aliphatic heterocycles. The fourth-order valence-corrected chi connectivity index (χ4v) is 0.591. The van der Waals surface area contributed by atoms with Gasteiger partial charge in [-0.25, -0.2) is 0 Å². The normalized spacial score (nSPS) is 9.62. The lowest BCUT2D eigenvalue weighted by atomic mass is 11.0. The maximum Gasteiger partial charge on any atom is 0.402 e. The van der Waals surface area contributed by atoms with Crippen molar-refractivity contribution in [3.63, 3.8) is 0 Å². The molecule has 0 aliphatic rings. The van der Waals surface area contributed by atoms with Crippen molar-refractivity contribution in [1.29, 1.82) is 0 Å². The molecule has 1 rings (SSSR count). The monoisotopic (exact) mass is 179 g/mol. The Morgan fingerprint density at radius 2 is 2.38 bits per heavy atom. The standard InChI is InChI=1S/C3H4BrN2O2/c4-3-5(7)1-2-6(3)8/h1-2,7-8H/q+1. The van der Waals surface area contributed by atoms with E-state index in [1.54, 1.807) is 0 Å². The molecule has 1 heterocycles. The van der Waals surface area contributed by atoms with Crippen LogP contribution in [0.3, 0.4) is 0 Å². The summed E-state index contributed by atoms with van der Waals surface area (Å²) < 4.78 is 1.69. The Morgan fingerprint density at radius 3 is 2.50 bits per heavy atom. The van der Waals surface area contributed by atoms with Gasteiger partial charge in [0, 0.05) is 0 Å². The first-order chi connectivity index (χ1) is 3.72. The molecule has 44 valence electrons. The third-order valence-corrected chi connectivity index (χ3v) is 1.45. The zero-order valence-electron chi connectivity index (χ0n) is 3.82. The highest BCUT2D eigenvalue weighted by Crippen LogP contribution is 1.98. The van der Waals surface area contributed by atoms with E-state index in [2.05, 4.69) is 15.9 Å². The Labute approximate surface area is 53.6 Å². The summed E-state index contributed by atoms with van der Waals surface area (Å²) in [5.74, 6) is 0. The molecule has 0 atom stereocenters. The van der Waals surface area contributed by atoms with E-state index in [0.717, 1.165) is 9.46 Å². The minimum Gasteiger partial charge on any atom is -0.349 e. The van der Waals surface area contributed by atoms with Crippen LogP contribution in [0.25, 0.3) is 0 Å². The molecule has 0 fully saturated rings. The first-order valence-corrected chi connectivity index (χ1v) is 2.68. The quantitative estimate of drug-likeness (QED) is 0.436. The van der Waals surface area contributed by atoms with Crippen LogP contribution in [0.2, 0.25) is 0 Å². The zero-order valence-corrected chi connectivity index (χ0v) is 5.41. The van der Waals surface area contributed by atoms with E-state index < -0.39 is 0 Å². The van der Waals surface area contributed by atoms with Gasteiger partial charge in [-0.15, -0.1) is 0 Å². The van der Waals surface area contributed by atoms with Gasteiger partial charge >= 0.3 is 4.73 Å². The first kappa shape index (κ1) is 5.43. The lowest BCUT2D eigenvalue weighted by Crippen LogP contribution is -2.28. The minimum atomic E-state index is 0.192. The van der Waals surface area contributed by atoms with E-state index in [4.69, 9.17) is 10.4 Å². The summed E-state index contributed by atoms with van der Waals surface area (Å²) in [7, 11) is 0. The largest absolute Gasteiger partial charge is 0.402 e. The molecule has 1 aromatic heterocycles. The molecule has 1 aromatic rings. The molecule has 5 heteroatoms. The third kappa shape index (κ3) is 0.645. The average Bonchev–Trinajstić information content (AvgIpc) is 1.98. The molecular weight excluding hydrogens is 176 g/mol. The molecule has 0 radical (unpaired) electrons. The fourth-order valence-electron chi connectivity index (χ4n) is 0.354. The van der Waals surface area contributed by atoms with Crippen LogP contribution in [0.4, 0.5) is 0 Å². The summed E-state index contributed by atoms with van der Waals surface area (Å²) in [6.45, 7) is 0. The van der Waals surface area contributed by atoms with Crippen LogP contribution in [-0.4, -0.2) is 15.1 Å². The van der Waals surface area contributed by atoms with E-state index in [1.807, 2.05) is 0 Å². The van der Waals surface area contributed by atoms with Crippen molar-refractivity contribution in [3.8, 4) is 0 Å². The van der Waals surface area contributed by atoms with Crippen LogP contribution in [0.15, 0.2) is 17.1 Å². The Hall–Kier alpha value is -0.710. The number of hydrogen-bond acceptors (Lipinski definition) is 2. The van der Waals surface area contributed by atoms with Gasteiger partial charge in [0.05, 0.1) is 15.9 Å². The Kier molecular flexibility index (Phi) is 1.13. The van der Waals surface area contributed by atoms with Gasteiger partial charge in [0.15, 0.2) is 12.4 Å². The summed E-state index contributed by atoms with van der Waals surface area (Å²) in [6.07, 6.45) is 2.59. The van der Waals surface area contributed by atoms with Gasteiger partial charge in [-0.1, -0.05) is 0 Å². The predicted molar refractivity (Wildman–Crippen MR) is 26.7 cm³/mol. The molecule has 0 unspecified atom stereocenters. The van der Waals surface area contributed by atoms with Gasteiger partial charge in [0.2, 0.25) is 0 Å². The Balaban J connectivity index is 3.19. The van der Waals surface area contributed by atoms with Crippen LogP contribution in [0.5, 0.6) is 0 Å². The molecule has 0 saturated carbocycles. The molecular formula is C3H4BrN2O2+. The highest BCUT2D eigenvalue weighted by molar-refractivity contribution is 9.10. The summed E-state index contributed by atoms with van der Waals surface area (Å²) in [4.78, 5) is 0. The van der Waals surface area contributed by atoms with Gasteiger partial charge in [0.1, 0.15) is 0 Å². The highest BCUT2D eigenvalue weighted by atomic mass is 79.9. The van der Waals surface area contributed by atoms with Crippen molar-refractivity contribution in [2.75, 3.05) is 0 Å². The molecule has 8 heavy (non-hydrogen) atoms. The maximum atomic E-state index is 8.63. The second-order valence-corrected chi connectivity index (χ2v) is 1.97. The van der Waals surface area contributed by atoms with Crippen LogP contribution in [0, 0.1) is 0 Å². The molecule has 4 nitrogen and oxygen atoms in total. The number of halogens is 1. The second-order valence-electron chi connectivity index (χ2n) is 1.26. The van der Waals surface area contributed by atoms with Crippen molar-refractivity contribution in [2.24, 2.45) is 0 Å². The number of rotatable bonds is 0. The van der Waals surface area contributed by atoms with Crippen LogP contribution >= 0.6 is 15.9 Å². The summed E-state index contributed by atoms with van der Waals surface area (Å²) in [5, 5.41) is 17.3. The van der Waals surface area contributed by atoms with Gasteiger partial charge in [0.25, 0.3) is 0 Å². The van der Waals surface area contributed by atoms with Crippen LogP contribution in [-0.2, 0) is 0 Å². The number of aromatic nitrogens is 2. The van der Waals surface area contributed by atoms with Crippen molar-refractivity contribution < 1.29 is 15.1 Å². The molecule has 2 N–H and O–H groups in total. The first-order valence-electron chi connectivity index (χ1n) is 1.89. The predicted octanol–water partition coefficient (Wildman–Crippen LogP) is 0.0127. The highest BCUT2D eigenvalue weighted by Gasteiger charge is 2.10. The second kappa shape index (κ2) is 1.66. The van der Waals surface area contributed by atoms with E-state index in [9.17, 15) is 0 Å². The Morgan fingerprint density at radius 1 is 1.75 bits per heavy atom. The van der Waals surface area contributed by atoms with Gasteiger partial charge in [-0.3, -0.25) is 0 Å². The van der Waals surface area contributed by atoms with Crippen molar-refractivity contribution >= 4 is 15.9 Å². The molecule has 0 spiro atoms. The van der Waals surface area contributed by atoms with E-state index in [1.165, 1.54) is 12.4 Å². The zero-order chi connectivity index (χ0) is 6.15. The molecule has 0 aromatic carbocycles. The van der Waals surface area contributed by atoms with Gasteiger partial charge < -0.3 is 10.4 Å². The maximum absolute atomic E-state index is 8.63. The fraction of sp³-hybridized carbons (Fsp3) is 0. The smallest absolute Gasteiger partial charge is 0.349 e. The van der Waals surface area contributed by atoms with Gasteiger partial charge in [-0.2, -0.15) is 0 Å². The lowest BCUT2D eigenvalue weighted by molar-refractivity contribution is -0.913. The van der Waals surface area contributed by atoms with Crippen LogP contribution in [0.1, 0.15) is 0 Å². The SMILES string of the molecule is On1cc[n+](O)c1Br. The third-order valence-electron chi connectivity index (χ3n) is 0.727. The minimum absolute atomic E-state index is 0.192. The number of imidazole rings is 1. The molecule has 0 amide bonds. The van der Waals surface area contributed by atoms with Gasteiger partial charge in [-0.05, 0) is 9.46 Å².